The van der Waals surface area contributed by atoms with Crippen LogP contribution in [0, 0.1) is 6.92 Å². The van der Waals surface area contributed by atoms with Crippen molar-refractivity contribution in [1.29, 1.82) is 0 Å². The normalized spacial score (nSPS) is 12.0. The Morgan fingerprint density at radius 2 is 2.08 bits per heavy atom. The Morgan fingerprint density at radius 3 is 2.73 bits per heavy atom. The van der Waals surface area contributed by atoms with E-state index < -0.39 is 10.0 Å². The van der Waals surface area contributed by atoms with Gasteiger partial charge in [-0.15, -0.1) is 5.10 Å². The van der Waals surface area contributed by atoms with Crippen molar-refractivity contribution >= 4 is 32.8 Å². The second-order valence-electron chi connectivity index (χ2n) is 5.87. The Hall–Kier alpha value is -2.79. The van der Waals surface area contributed by atoms with E-state index in [4.69, 9.17) is 4.52 Å². The van der Waals surface area contributed by atoms with Crippen LogP contribution in [0.3, 0.4) is 0 Å². The topological polar surface area (TPSA) is 123 Å². The molecule has 0 atom stereocenters. The number of aryl methyl sites for hydroxylation is 2. The number of fused-ring (bicyclic) bond motifs is 1. The van der Waals surface area contributed by atoms with Crippen LogP contribution in [0.15, 0.2) is 33.7 Å². The molecule has 0 aliphatic carbocycles. The summed E-state index contributed by atoms with van der Waals surface area (Å²) in [5.74, 6) is 0.717. The zero-order chi connectivity index (χ0) is 18.9. The number of rotatable bonds is 6. The van der Waals surface area contributed by atoms with E-state index in [-0.39, 0.29) is 17.2 Å². The summed E-state index contributed by atoms with van der Waals surface area (Å²) < 4.78 is 31.9. The molecule has 3 aromatic rings. The average Bonchev–Trinajstić information content (AvgIpc) is 3.18. The van der Waals surface area contributed by atoms with Crippen LogP contribution in [0.5, 0.6) is 0 Å². The zero-order valence-electron chi connectivity index (χ0n) is 14.5. The summed E-state index contributed by atoms with van der Waals surface area (Å²) in [6.45, 7) is 2.02. The van der Waals surface area contributed by atoms with Crippen LogP contribution in [-0.4, -0.2) is 52.9 Å². The molecule has 0 aliphatic rings. The van der Waals surface area contributed by atoms with Gasteiger partial charge in [0.2, 0.25) is 15.9 Å². The van der Waals surface area contributed by atoms with Crippen LogP contribution in [0.25, 0.3) is 11.0 Å². The third-order valence-electron chi connectivity index (χ3n) is 3.71. The van der Waals surface area contributed by atoms with Gasteiger partial charge in [0.05, 0.1) is 17.0 Å². The van der Waals surface area contributed by atoms with Gasteiger partial charge in [-0.2, -0.15) is 0 Å². The first-order valence-corrected chi connectivity index (χ1v) is 9.20. The minimum atomic E-state index is -3.54. The van der Waals surface area contributed by atoms with Gasteiger partial charge >= 0.3 is 0 Å². The van der Waals surface area contributed by atoms with Gasteiger partial charge in [-0.05, 0) is 25.1 Å². The molecule has 0 fully saturated rings. The summed E-state index contributed by atoms with van der Waals surface area (Å²) in [6, 6.07) is 6.21. The van der Waals surface area contributed by atoms with E-state index in [1.807, 2.05) is 0 Å². The summed E-state index contributed by atoms with van der Waals surface area (Å²) in [6.07, 6.45) is 0.155. The highest BCUT2D eigenvalue weighted by atomic mass is 32.2. The van der Waals surface area contributed by atoms with Gasteiger partial charge in [0, 0.05) is 26.6 Å². The maximum Gasteiger partial charge on any atom is 0.242 e. The van der Waals surface area contributed by atoms with Crippen LogP contribution >= 0.6 is 0 Å². The molecule has 2 heterocycles. The molecule has 2 aromatic heterocycles. The fraction of sp³-hybridized carbons (Fsp3) is 0.333. The second kappa shape index (κ2) is 6.84. The molecule has 0 saturated carbocycles. The number of hydrogen-bond acceptors (Lipinski definition) is 7. The lowest BCUT2D eigenvalue weighted by Crippen LogP contribution is -2.22. The monoisotopic (exact) mass is 378 g/mol. The number of hydrogen-bond donors (Lipinski definition) is 1. The molecule has 0 spiro atoms. The van der Waals surface area contributed by atoms with Crippen molar-refractivity contribution in [2.24, 2.45) is 0 Å². The molecule has 1 amide bonds. The maximum absolute atomic E-state index is 12.2. The number of anilines is 1. The van der Waals surface area contributed by atoms with Crippen molar-refractivity contribution in [1.82, 2.24) is 24.5 Å². The number of benzene rings is 1. The predicted octanol–water partition coefficient (Wildman–Crippen LogP) is 1.01. The number of carbonyl (C=O) groups excluding carboxylic acids is 1. The van der Waals surface area contributed by atoms with Gasteiger partial charge in [0.25, 0.3) is 0 Å². The van der Waals surface area contributed by atoms with Gasteiger partial charge in [-0.3, -0.25) is 4.79 Å². The molecule has 0 radical (unpaired) electrons. The van der Waals surface area contributed by atoms with E-state index in [0.29, 0.717) is 29.2 Å². The predicted molar refractivity (Wildman–Crippen MR) is 92.9 cm³/mol. The van der Waals surface area contributed by atoms with Crippen molar-refractivity contribution in [3.63, 3.8) is 0 Å². The fourth-order valence-electron chi connectivity index (χ4n) is 2.33. The molecular weight excluding hydrogens is 360 g/mol. The molecule has 1 N–H and O–H groups in total. The Morgan fingerprint density at radius 1 is 1.31 bits per heavy atom. The van der Waals surface area contributed by atoms with Crippen LogP contribution in [0.4, 0.5) is 5.82 Å². The number of amides is 1. The maximum atomic E-state index is 12.2. The highest BCUT2D eigenvalue weighted by Gasteiger charge is 2.19. The Labute approximate surface area is 149 Å². The standard InChI is InChI=1S/C15H18N6O4S/c1-10-8-14(18-25-10)16-15(22)6-7-21-13-5-4-11(9-12(13)17-19-21)26(23,24)20(2)3/h4-5,8-9H,6-7H2,1-3H3,(H,16,18,22). The van der Waals surface area contributed by atoms with Crippen molar-refractivity contribution in [3.8, 4) is 0 Å². The van der Waals surface area contributed by atoms with Gasteiger partial charge < -0.3 is 9.84 Å². The van der Waals surface area contributed by atoms with E-state index in [0.717, 1.165) is 4.31 Å². The van der Waals surface area contributed by atoms with Crippen molar-refractivity contribution in [3.05, 3.63) is 30.0 Å². The zero-order valence-corrected chi connectivity index (χ0v) is 15.3. The number of aromatic nitrogens is 4. The quantitative estimate of drug-likeness (QED) is 0.679. The molecular formula is C15H18N6O4S. The van der Waals surface area contributed by atoms with Crippen molar-refractivity contribution < 1.29 is 17.7 Å². The SMILES string of the molecule is Cc1cc(NC(=O)CCn2nnc3cc(S(=O)(=O)N(C)C)ccc32)no1. The number of nitrogens with one attached hydrogen (secondary N) is 1. The molecule has 0 aliphatic heterocycles. The minimum absolute atomic E-state index is 0.140. The first kappa shape index (κ1) is 18.0. The lowest BCUT2D eigenvalue weighted by Gasteiger charge is -2.11. The molecule has 26 heavy (non-hydrogen) atoms. The highest BCUT2D eigenvalue weighted by molar-refractivity contribution is 7.89. The third kappa shape index (κ3) is 3.58. The van der Waals surface area contributed by atoms with Crippen LogP contribution < -0.4 is 5.32 Å². The summed E-state index contributed by atoms with van der Waals surface area (Å²) in [7, 11) is -0.614. The van der Waals surface area contributed by atoms with E-state index in [2.05, 4.69) is 20.8 Å². The minimum Gasteiger partial charge on any atom is -0.360 e. The van der Waals surface area contributed by atoms with Crippen LogP contribution in [0.2, 0.25) is 0 Å². The van der Waals surface area contributed by atoms with Crippen molar-refractivity contribution in [2.45, 2.75) is 24.8 Å². The number of carbonyl (C=O) groups is 1. The summed E-state index contributed by atoms with van der Waals surface area (Å²) in [4.78, 5) is 12.1. The number of sulfonamides is 1. The molecule has 0 unspecified atom stereocenters. The van der Waals surface area contributed by atoms with Gasteiger partial charge in [-0.1, -0.05) is 10.4 Å². The smallest absolute Gasteiger partial charge is 0.242 e. The number of nitrogens with zero attached hydrogens (tertiary/aromatic N) is 5. The third-order valence-corrected chi connectivity index (χ3v) is 5.52. The van der Waals surface area contributed by atoms with Gasteiger partial charge in [0.15, 0.2) is 5.82 Å². The first-order valence-electron chi connectivity index (χ1n) is 7.76. The van der Waals surface area contributed by atoms with Crippen molar-refractivity contribution in [2.75, 3.05) is 19.4 Å². The van der Waals surface area contributed by atoms with Gasteiger partial charge in [-0.25, -0.2) is 17.4 Å². The van der Waals surface area contributed by atoms with Gasteiger partial charge in [0.1, 0.15) is 11.3 Å². The summed E-state index contributed by atoms with van der Waals surface area (Å²) in [5, 5.41) is 14.3. The van der Waals surface area contributed by atoms with E-state index >= 15 is 0 Å². The first-order chi connectivity index (χ1) is 12.3. The second-order valence-corrected chi connectivity index (χ2v) is 8.02. The van der Waals surface area contributed by atoms with Crippen LogP contribution in [0.1, 0.15) is 12.2 Å². The Kier molecular flexibility index (Phi) is 4.74. The molecule has 0 saturated heterocycles. The van der Waals surface area contributed by atoms with E-state index in [9.17, 15) is 13.2 Å². The fourth-order valence-corrected chi connectivity index (χ4v) is 3.25. The Balaban J connectivity index is 1.72. The van der Waals surface area contributed by atoms with Crippen LogP contribution in [-0.2, 0) is 21.4 Å². The van der Waals surface area contributed by atoms with E-state index in [1.165, 1.54) is 26.2 Å². The van der Waals surface area contributed by atoms with E-state index in [1.54, 1.807) is 23.7 Å². The molecule has 1 aromatic carbocycles. The highest BCUT2D eigenvalue weighted by Crippen LogP contribution is 2.19. The molecule has 0 bridgehead atoms. The molecule has 138 valence electrons. The lowest BCUT2D eigenvalue weighted by atomic mass is 10.3. The molecule has 10 nitrogen and oxygen atoms in total. The molecule has 11 heteroatoms. The largest absolute Gasteiger partial charge is 0.360 e. The lowest BCUT2D eigenvalue weighted by molar-refractivity contribution is -0.116. The molecule has 3 rings (SSSR count). The summed E-state index contributed by atoms with van der Waals surface area (Å²) in [5.41, 5.74) is 1.09. The average molecular weight is 378 g/mol. The summed E-state index contributed by atoms with van der Waals surface area (Å²) >= 11 is 0. The Bertz CT molecular complexity index is 1050.